The fraction of sp³-hybridized carbons (Fsp3) is 0.765. The lowest BCUT2D eigenvalue weighted by Crippen LogP contribution is -2.37. The Hall–Kier alpha value is -1.72. The molecule has 0 fully saturated rings. The highest BCUT2D eigenvalue weighted by Crippen LogP contribution is 2.30. The Labute approximate surface area is 137 Å². The molecule has 0 amide bonds. The average molecular weight is 323 g/mol. The third-order valence-corrected chi connectivity index (χ3v) is 4.85. The molecule has 0 aliphatic carbocycles. The van der Waals surface area contributed by atoms with E-state index in [4.69, 9.17) is 5.11 Å². The molecule has 6 heteroatoms. The van der Waals surface area contributed by atoms with E-state index >= 15 is 0 Å². The number of aromatic nitrogens is 3. The molecule has 0 aromatic carbocycles. The van der Waals surface area contributed by atoms with Crippen molar-refractivity contribution in [2.24, 2.45) is 7.05 Å². The number of hydrogen-bond donors (Lipinski definition) is 1. The van der Waals surface area contributed by atoms with Crippen LogP contribution in [0.15, 0.2) is 21.9 Å². The molecule has 1 aromatic heterocycles. The van der Waals surface area contributed by atoms with Crippen molar-refractivity contribution in [2.45, 2.75) is 76.8 Å². The van der Waals surface area contributed by atoms with Gasteiger partial charge in [0, 0.05) is 7.05 Å². The molecule has 1 aromatic rings. The summed E-state index contributed by atoms with van der Waals surface area (Å²) in [6, 6.07) is -0.145. The van der Waals surface area contributed by atoms with Gasteiger partial charge in [0.05, 0.1) is 18.3 Å². The van der Waals surface area contributed by atoms with E-state index in [0.717, 1.165) is 36.5 Å². The highest BCUT2D eigenvalue weighted by Gasteiger charge is 2.29. The third kappa shape index (κ3) is 3.79. The number of fused-ring (bicyclic) bond motifs is 1. The fourth-order valence-corrected chi connectivity index (χ4v) is 3.52. The average Bonchev–Trinajstić information content (AvgIpc) is 2.78. The molecule has 2 heterocycles. The lowest BCUT2D eigenvalue weighted by Gasteiger charge is -2.30. The molecule has 1 aliphatic heterocycles. The van der Waals surface area contributed by atoms with Gasteiger partial charge in [-0.25, -0.2) is 23.5 Å². The van der Waals surface area contributed by atoms with Gasteiger partial charge in [0.1, 0.15) is 0 Å². The SMILES string of the molecule is CCCCCCCCC1CCC(/C=C/O)n2c(=O)n(C)c(=O)n21. The van der Waals surface area contributed by atoms with Gasteiger partial charge in [-0.3, -0.25) is 0 Å². The van der Waals surface area contributed by atoms with Crippen molar-refractivity contribution in [3.63, 3.8) is 0 Å². The summed E-state index contributed by atoms with van der Waals surface area (Å²) >= 11 is 0. The van der Waals surface area contributed by atoms with Crippen molar-refractivity contribution in [2.75, 3.05) is 0 Å². The van der Waals surface area contributed by atoms with Crippen LogP contribution >= 0.6 is 0 Å². The van der Waals surface area contributed by atoms with Gasteiger partial charge in [0.2, 0.25) is 0 Å². The molecule has 0 radical (unpaired) electrons. The molecule has 1 aliphatic rings. The van der Waals surface area contributed by atoms with Gasteiger partial charge in [-0.1, -0.05) is 45.4 Å². The minimum atomic E-state index is -0.300. The zero-order valence-electron chi connectivity index (χ0n) is 14.3. The topological polar surface area (TPSA) is 69.2 Å². The van der Waals surface area contributed by atoms with E-state index in [1.54, 1.807) is 10.8 Å². The number of rotatable bonds is 8. The Bertz CT molecular complexity index is 638. The largest absolute Gasteiger partial charge is 0.516 e. The summed E-state index contributed by atoms with van der Waals surface area (Å²) in [5, 5.41) is 9.03. The van der Waals surface area contributed by atoms with Crippen molar-refractivity contribution < 1.29 is 5.11 Å². The van der Waals surface area contributed by atoms with Crippen LogP contribution in [0.25, 0.3) is 0 Å². The maximum atomic E-state index is 12.4. The van der Waals surface area contributed by atoms with E-state index in [2.05, 4.69) is 6.92 Å². The van der Waals surface area contributed by atoms with Crippen molar-refractivity contribution in [1.82, 2.24) is 13.9 Å². The normalized spacial score (nSPS) is 21.0. The second-order valence-corrected chi connectivity index (χ2v) is 6.51. The van der Waals surface area contributed by atoms with Crippen LogP contribution < -0.4 is 11.4 Å². The van der Waals surface area contributed by atoms with Gasteiger partial charge < -0.3 is 5.11 Å². The number of aliphatic hydroxyl groups is 1. The van der Waals surface area contributed by atoms with Gasteiger partial charge in [-0.05, 0) is 25.3 Å². The number of aliphatic hydroxyl groups excluding tert-OH is 1. The second-order valence-electron chi connectivity index (χ2n) is 6.51. The minimum Gasteiger partial charge on any atom is -0.516 e. The van der Waals surface area contributed by atoms with Crippen LogP contribution in [0, 0.1) is 0 Å². The Morgan fingerprint density at radius 1 is 1.04 bits per heavy atom. The van der Waals surface area contributed by atoms with Gasteiger partial charge in [-0.2, -0.15) is 0 Å². The number of allylic oxidation sites excluding steroid dienone is 1. The van der Waals surface area contributed by atoms with E-state index in [1.807, 2.05) is 0 Å². The van der Waals surface area contributed by atoms with Crippen LogP contribution in [-0.2, 0) is 7.05 Å². The Balaban J connectivity index is 2.10. The van der Waals surface area contributed by atoms with Crippen molar-refractivity contribution in [1.29, 1.82) is 0 Å². The van der Waals surface area contributed by atoms with E-state index in [-0.39, 0.29) is 23.5 Å². The Kier molecular flexibility index (Phi) is 6.30. The lowest BCUT2D eigenvalue weighted by molar-refractivity contribution is 0.228. The predicted molar refractivity (Wildman–Crippen MR) is 91.0 cm³/mol. The Morgan fingerprint density at radius 3 is 2.39 bits per heavy atom. The summed E-state index contributed by atoms with van der Waals surface area (Å²) in [6.45, 7) is 2.21. The number of nitrogens with zero attached hydrogens (tertiary/aromatic N) is 3. The molecule has 2 atom stereocenters. The van der Waals surface area contributed by atoms with Crippen molar-refractivity contribution in [3.8, 4) is 0 Å². The maximum absolute atomic E-state index is 12.4. The highest BCUT2D eigenvalue weighted by molar-refractivity contribution is 4.94. The summed E-state index contributed by atoms with van der Waals surface area (Å²) < 4.78 is 4.29. The summed E-state index contributed by atoms with van der Waals surface area (Å²) in [5.74, 6) is 0. The minimum absolute atomic E-state index is 0.0888. The monoisotopic (exact) mass is 323 g/mol. The molecule has 0 saturated carbocycles. The molecule has 2 unspecified atom stereocenters. The van der Waals surface area contributed by atoms with Crippen LogP contribution in [0.5, 0.6) is 0 Å². The van der Waals surface area contributed by atoms with Crippen LogP contribution in [0.4, 0.5) is 0 Å². The summed E-state index contributed by atoms with van der Waals surface area (Å²) in [4.78, 5) is 24.7. The first-order chi connectivity index (χ1) is 11.1. The van der Waals surface area contributed by atoms with Crippen molar-refractivity contribution in [3.05, 3.63) is 33.3 Å². The molecule has 0 spiro atoms. The number of hydrogen-bond acceptors (Lipinski definition) is 3. The molecule has 0 saturated heterocycles. The number of unbranched alkanes of at least 4 members (excludes halogenated alkanes) is 5. The third-order valence-electron chi connectivity index (χ3n) is 4.85. The molecule has 6 nitrogen and oxygen atoms in total. The van der Waals surface area contributed by atoms with Crippen LogP contribution in [0.1, 0.15) is 76.8 Å². The van der Waals surface area contributed by atoms with E-state index in [0.29, 0.717) is 0 Å². The van der Waals surface area contributed by atoms with Gasteiger partial charge in [-0.15, -0.1) is 0 Å². The van der Waals surface area contributed by atoms with Gasteiger partial charge in [0.25, 0.3) is 0 Å². The quantitative estimate of drug-likeness (QED) is 0.590. The molecule has 1 N–H and O–H groups in total. The van der Waals surface area contributed by atoms with E-state index < -0.39 is 0 Å². The molecular weight excluding hydrogens is 294 g/mol. The fourth-order valence-electron chi connectivity index (χ4n) is 3.52. The first-order valence-electron chi connectivity index (χ1n) is 8.82. The molecule has 23 heavy (non-hydrogen) atoms. The summed E-state index contributed by atoms with van der Waals surface area (Å²) in [6.07, 6.45) is 12.5. The summed E-state index contributed by atoms with van der Waals surface area (Å²) in [7, 11) is 1.52. The highest BCUT2D eigenvalue weighted by atomic mass is 16.2. The molecule has 130 valence electrons. The Morgan fingerprint density at radius 2 is 1.70 bits per heavy atom. The van der Waals surface area contributed by atoms with Crippen LogP contribution in [0.3, 0.4) is 0 Å². The molecule has 2 rings (SSSR count). The van der Waals surface area contributed by atoms with E-state index in [1.165, 1.54) is 43.8 Å². The zero-order valence-corrected chi connectivity index (χ0v) is 14.3. The first kappa shape index (κ1) is 17.6. The zero-order chi connectivity index (χ0) is 16.8. The van der Waals surface area contributed by atoms with Crippen molar-refractivity contribution >= 4 is 0 Å². The van der Waals surface area contributed by atoms with Gasteiger partial charge in [0.15, 0.2) is 0 Å². The smallest absolute Gasteiger partial charge is 0.347 e. The molecular formula is C17H29N3O3. The van der Waals surface area contributed by atoms with Gasteiger partial charge >= 0.3 is 11.4 Å². The van der Waals surface area contributed by atoms with Crippen LogP contribution in [-0.4, -0.2) is 19.0 Å². The predicted octanol–water partition coefficient (Wildman–Crippen LogP) is 3.05. The second kappa shape index (κ2) is 8.22. The van der Waals surface area contributed by atoms with E-state index in [9.17, 15) is 9.59 Å². The standard InChI is InChI=1S/C17H29N3O3/c1-3-4-5-6-7-8-9-14-10-11-15(12-13-21)20-17(23)18(2)16(22)19(14)20/h12-15,21H,3-11H2,1-2H3/b13-12+. The maximum Gasteiger partial charge on any atom is 0.347 e. The molecule has 0 bridgehead atoms. The first-order valence-corrected chi connectivity index (χ1v) is 8.82. The summed E-state index contributed by atoms with van der Waals surface area (Å²) in [5.41, 5.74) is -0.548. The van der Waals surface area contributed by atoms with Crippen LogP contribution in [0.2, 0.25) is 0 Å². The lowest BCUT2D eigenvalue weighted by atomic mass is 9.98.